The van der Waals surface area contributed by atoms with Crippen molar-refractivity contribution < 1.29 is 22.3 Å². The molecular formula is C13H13F4N3O. The summed E-state index contributed by atoms with van der Waals surface area (Å²) < 4.78 is 60.4. The van der Waals surface area contributed by atoms with Crippen LogP contribution in [0.1, 0.15) is 12.5 Å². The molecule has 1 aromatic carbocycles. The minimum atomic E-state index is -3.08. The van der Waals surface area contributed by atoms with Crippen LogP contribution in [0, 0.1) is 23.5 Å². The molecule has 0 aromatic heterocycles. The summed E-state index contributed by atoms with van der Waals surface area (Å²) in [6.45, 7) is 1.67. The van der Waals surface area contributed by atoms with Crippen LogP contribution in [0.15, 0.2) is 17.1 Å². The van der Waals surface area contributed by atoms with Crippen LogP contribution in [-0.2, 0) is 10.3 Å². The van der Waals surface area contributed by atoms with Gasteiger partial charge in [-0.15, -0.1) is 0 Å². The minimum absolute atomic E-state index is 0.158. The van der Waals surface area contributed by atoms with E-state index in [2.05, 4.69) is 4.99 Å². The van der Waals surface area contributed by atoms with Gasteiger partial charge in [0.05, 0.1) is 0 Å². The van der Waals surface area contributed by atoms with Gasteiger partial charge in [-0.3, -0.25) is 0 Å². The van der Waals surface area contributed by atoms with Gasteiger partial charge in [0.2, 0.25) is 0 Å². The number of alkyl halides is 2. The average molecular weight is 303 g/mol. The predicted octanol–water partition coefficient (Wildman–Crippen LogP) is 1.99. The summed E-state index contributed by atoms with van der Waals surface area (Å²) in [5, 5.41) is 0. The van der Waals surface area contributed by atoms with Crippen LogP contribution in [0.2, 0.25) is 0 Å². The number of nitrogens with zero attached hydrogens (tertiary/aromatic N) is 1. The van der Waals surface area contributed by atoms with E-state index in [1.54, 1.807) is 6.92 Å². The van der Waals surface area contributed by atoms with Crippen molar-refractivity contribution in [2.24, 2.45) is 22.6 Å². The van der Waals surface area contributed by atoms with Crippen LogP contribution in [0.5, 0.6) is 0 Å². The lowest BCUT2D eigenvalue weighted by Gasteiger charge is -2.33. The lowest BCUT2D eigenvalue weighted by Crippen LogP contribution is -2.43. The fourth-order valence-electron chi connectivity index (χ4n) is 3.13. The summed E-state index contributed by atoms with van der Waals surface area (Å²) in [7, 11) is 0. The zero-order valence-electron chi connectivity index (χ0n) is 11.0. The minimum Gasteiger partial charge on any atom is -0.461 e. The molecule has 2 aliphatic rings. The van der Waals surface area contributed by atoms with Gasteiger partial charge in [-0.2, -0.15) is 0 Å². The van der Waals surface area contributed by atoms with Gasteiger partial charge in [-0.25, -0.2) is 22.6 Å². The van der Waals surface area contributed by atoms with E-state index in [9.17, 15) is 17.6 Å². The third-order valence-corrected chi connectivity index (χ3v) is 4.17. The van der Waals surface area contributed by atoms with Crippen LogP contribution in [0.4, 0.5) is 23.2 Å². The number of hydrogen-bond acceptors (Lipinski definition) is 4. The maximum atomic E-state index is 14.1. The van der Waals surface area contributed by atoms with E-state index < -0.39 is 47.2 Å². The van der Waals surface area contributed by atoms with Gasteiger partial charge >= 0.3 is 0 Å². The van der Waals surface area contributed by atoms with Crippen molar-refractivity contribution in [3.63, 3.8) is 0 Å². The number of rotatable bonds is 2. The normalized spacial score (nSPS) is 34.2. The average Bonchev–Trinajstić information content (AvgIpc) is 3.03. The van der Waals surface area contributed by atoms with E-state index in [4.69, 9.17) is 16.2 Å². The van der Waals surface area contributed by atoms with Crippen molar-refractivity contribution in [3.8, 4) is 0 Å². The fraction of sp³-hybridized carbons (Fsp3) is 0.462. The Morgan fingerprint density at radius 3 is 2.57 bits per heavy atom. The number of hydrogen-bond donors (Lipinski definition) is 2. The van der Waals surface area contributed by atoms with Crippen LogP contribution in [0.3, 0.4) is 0 Å². The number of ether oxygens (including phenoxy) is 1. The molecule has 4 atom stereocenters. The number of benzene rings is 1. The molecule has 1 fully saturated rings. The van der Waals surface area contributed by atoms with Crippen molar-refractivity contribution in [1.29, 1.82) is 0 Å². The molecule has 0 radical (unpaired) electrons. The molecule has 0 spiro atoms. The van der Waals surface area contributed by atoms with Gasteiger partial charge in [-0.05, 0) is 12.1 Å². The molecule has 1 heterocycles. The van der Waals surface area contributed by atoms with E-state index in [1.165, 1.54) is 0 Å². The molecule has 0 bridgehead atoms. The molecule has 21 heavy (non-hydrogen) atoms. The molecule has 1 aromatic rings. The van der Waals surface area contributed by atoms with Gasteiger partial charge in [0.1, 0.15) is 6.10 Å². The number of nitrogens with two attached hydrogens (primary N) is 2. The first-order chi connectivity index (χ1) is 9.79. The Labute approximate surface area is 117 Å². The molecule has 1 saturated carbocycles. The van der Waals surface area contributed by atoms with E-state index >= 15 is 0 Å². The molecule has 0 saturated heterocycles. The number of amidine groups is 1. The van der Waals surface area contributed by atoms with Gasteiger partial charge < -0.3 is 16.2 Å². The van der Waals surface area contributed by atoms with Crippen molar-refractivity contribution in [3.05, 3.63) is 29.3 Å². The Bertz CT molecular complexity index is 636. The zero-order valence-corrected chi connectivity index (χ0v) is 11.0. The first-order valence-electron chi connectivity index (χ1n) is 6.34. The summed E-state index contributed by atoms with van der Waals surface area (Å²) in [6.07, 6.45) is -3.66. The molecule has 0 unspecified atom stereocenters. The number of anilines is 1. The molecule has 4 nitrogen and oxygen atoms in total. The number of nitrogen functional groups attached to an aromatic ring is 1. The Hall–Kier alpha value is -1.99. The summed E-state index contributed by atoms with van der Waals surface area (Å²) >= 11 is 0. The van der Waals surface area contributed by atoms with Gasteiger partial charge in [-0.1, -0.05) is 6.92 Å². The topological polar surface area (TPSA) is 73.6 Å². The highest BCUT2D eigenvalue weighted by Gasteiger charge is 2.69. The van der Waals surface area contributed by atoms with Crippen LogP contribution in [0.25, 0.3) is 0 Å². The number of fused-ring (bicyclic) bond motifs is 1. The molecule has 1 aliphatic carbocycles. The standard InChI is InChI=1S/C13H13F4N3O/c1-4-8-10(4)21-12(19)20-13(8,11(16)17)6-2-5(18)3-7(14)9(6)15/h2-4,8,10-11H,18H2,1H3,(H2,19,20)/t4-,8+,10-,13-/m0/s1. The molecule has 4 N–H and O–H groups in total. The monoisotopic (exact) mass is 303 g/mol. The fourth-order valence-corrected chi connectivity index (χ4v) is 3.13. The third-order valence-electron chi connectivity index (χ3n) is 4.17. The lowest BCUT2D eigenvalue weighted by molar-refractivity contribution is 0.0165. The summed E-state index contributed by atoms with van der Waals surface area (Å²) in [5.41, 5.74) is 7.89. The highest BCUT2D eigenvalue weighted by Crippen LogP contribution is 2.59. The van der Waals surface area contributed by atoms with E-state index in [-0.39, 0.29) is 11.6 Å². The van der Waals surface area contributed by atoms with Crippen molar-refractivity contribution in [2.75, 3.05) is 5.73 Å². The van der Waals surface area contributed by atoms with Crippen molar-refractivity contribution >= 4 is 11.7 Å². The number of aliphatic imine (C=N–C) groups is 1. The Morgan fingerprint density at radius 1 is 1.29 bits per heavy atom. The predicted molar refractivity (Wildman–Crippen MR) is 67.6 cm³/mol. The smallest absolute Gasteiger partial charge is 0.283 e. The molecule has 3 rings (SSSR count). The SMILES string of the molecule is C[C@@H]1[C@@H]2OC(N)=N[C@](c3cc(N)cc(F)c3F)(C(F)F)[C@H]12. The highest BCUT2D eigenvalue weighted by molar-refractivity contribution is 5.74. The molecular weight excluding hydrogens is 290 g/mol. The van der Waals surface area contributed by atoms with Crippen LogP contribution >= 0.6 is 0 Å². The first kappa shape index (κ1) is 14.0. The van der Waals surface area contributed by atoms with Crippen LogP contribution in [-0.4, -0.2) is 18.6 Å². The molecule has 114 valence electrons. The Balaban J connectivity index is 2.26. The van der Waals surface area contributed by atoms with E-state index in [0.717, 1.165) is 12.1 Å². The van der Waals surface area contributed by atoms with Gasteiger partial charge in [0, 0.05) is 23.1 Å². The second kappa shape index (κ2) is 4.25. The van der Waals surface area contributed by atoms with Crippen LogP contribution < -0.4 is 11.5 Å². The van der Waals surface area contributed by atoms with E-state index in [1.807, 2.05) is 0 Å². The third kappa shape index (κ3) is 1.77. The summed E-state index contributed by atoms with van der Waals surface area (Å²) in [6, 6.07) is 1.26. The maximum Gasteiger partial charge on any atom is 0.283 e. The first-order valence-corrected chi connectivity index (χ1v) is 6.34. The van der Waals surface area contributed by atoms with Crippen molar-refractivity contribution in [1.82, 2.24) is 0 Å². The second-order valence-electron chi connectivity index (χ2n) is 5.41. The molecule has 1 aliphatic heterocycles. The quantitative estimate of drug-likeness (QED) is 0.648. The summed E-state index contributed by atoms with van der Waals surface area (Å²) in [4.78, 5) is 3.66. The zero-order chi connectivity index (χ0) is 15.5. The van der Waals surface area contributed by atoms with Gasteiger partial charge in [0.15, 0.2) is 17.2 Å². The highest BCUT2D eigenvalue weighted by atomic mass is 19.3. The molecule has 8 heteroatoms. The number of halogens is 4. The van der Waals surface area contributed by atoms with E-state index in [0.29, 0.717) is 0 Å². The lowest BCUT2D eigenvalue weighted by atomic mass is 9.83. The molecule has 0 amide bonds. The second-order valence-corrected chi connectivity index (χ2v) is 5.41. The summed E-state index contributed by atoms with van der Waals surface area (Å²) in [5.74, 6) is -3.76. The van der Waals surface area contributed by atoms with Crippen molar-refractivity contribution in [2.45, 2.75) is 25.0 Å². The largest absolute Gasteiger partial charge is 0.461 e. The Morgan fingerprint density at radius 2 is 1.95 bits per heavy atom. The van der Waals surface area contributed by atoms with Gasteiger partial charge in [0.25, 0.3) is 12.4 Å². The maximum absolute atomic E-state index is 14.1. The Kier molecular flexibility index (Phi) is 2.83.